The molecule has 6 aliphatic rings. The molecule has 0 bridgehead atoms. The SMILES string of the molecule is Cc1ccc2c(c1)COC(=O)N2C1CCN(S(=O)(=O)c2cc(Cl)c(O)c(Cl)c2)CC1.O=C1OCc2cc(Br)ccc2N1C1CCN(S(=O)(=O)c2cc(Cl)c(O)c(Cl)c2)CC1.O=C1OCc2cc(Cl)ccc2N1C1CCN(S(=O)(=O)c2cc(Cl)c(O)c(Cl)c2)CC1. The molecule has 6 aromatic rings. The van der Waals surface area contributed by atoms with Gasteiger partial charge in [0.15, 0.2) is 17.2 Å². The summed E-state index contributed by atoms with van der Waals surface area (Å²) in [6.45, 7) is 3.89. The maximum Gasteiger partial charge on any atom is 0.414 e. The third-order valence-electron chi connectivity index (χ3n) is 16.0. The van der Waals surface area contributed by atoms with Crippen LogP contribution in [-0.2, 0) is 64.1 Å². The quantitative estimate of drug-likeness (QED) is 0.114. The molecule has 0 unspecified atom stereocenters. The number of anilines is 3. The fourth-order valence-corrected chi connectivity index (χ4v) is 18.4. The molecule has 3 amide bonds. The smallest absolute Gasteiger partial charge is 0.414 e. The number of aromatic hydroxyl groups is 3. The van der Waals surface area contributed by atoms with Gasteiger partial charge in [-0.3, -0.25) is 14.7 Å². The predicted molar refractivity (Wildman–Crippen MR) is 344 cm³/mol. The van der Waals surface area contributed by atoms with E-state index in [2.05, 4.69) is 15.9 Å². The molecule has 3 N–H and O–H groups in total. The van der Waals surface area contributed by atoms with Crippen LogP contribution in [0.1, 0.15) is 60.8 Å². The lowest BCUT2D eigenvalue weighted by molar-refractivity contribution is 0.135. The van der Waals surface area contributed by atoms with Crippen molar-refractivity contribution < 1.29 is 69.2 Å². The zero-order chi connectivity index (χ0) is 64.9. The number of phenols is 3. The lowest BCUT2D eigenvalue weighted by atomic mass is 10.0. The van der Waals surface area contributed by atoms with Gasteiger partial charge in [-0.25, -0.2) is 39.6 Å². The van der Waals surface area contributed by atoms with E-state index >= 15 is 0 Å². The number of ether oxygens (including phenoxy) is 3. The van der Waals surface area contributed by atoms with Gasteiger partial charge in [0.1, 0.15) is 19.8 Å². The predicted octanol–water partition coefficient (Wildman–Crippen LogP) is 13.8. The number of piperidine rings is 3. The number of nitrogens with zero attached hydrogens (tertiary/aromatic N) is 6. The zero-order valence-corrected chi connectivity index (χ0v) is 56.5. The summed E-state index contributed by atoms with van der Waals surface area (Å²) in [7, 11) is -11.5. The minimum absolute atomic E-state index is 0.0769. The maximum absolute atomic E-state index is 13.0. The molecule has 6 heterocycles. The molecule has 0 saturated carbocycles. The van der Waals surface area contributed by atoms with E-state index < -0.39 is 48.3 Å². The van der Waals surface area contributed by atoms with E-state index in [0.717, 1.165) is 43.8 Å². The topological polar surface area (TPSA) is 261 Å². The van der Waals surface area contributed by atoms with Crippen LogP contribution < -0.4 is 14.7 Å². The molecule has 0 radical (unpaired) electrons. The lowest BCUT2D eigenvalue weighted by Crippen LogP contribution is -2.50. The first-order chi connectivity index (χ1) is 42.5. The highest BCUT2D eigenvalue weighted by Crippen LogP contribution is 2.42. The lowest BCUT2D eigenvalue weighted by Gasteiger charge is -2.39. The van der Waals surface area contributed by atoms with Gasteiger partial charge < -0.3 is 29.5 Å². The average molecular weight is 1500 g/mol. The van der Waals surface area contributed by atoms with E-state index in [4.69, 9.17) is 95.4 Å². The normalized spacial score (nSPS) is 18.2. The van der Waals surface area contributed by atoms with E-state index in [1.54, 1.807) is 32.9 Å². The fourth-order valence-electron chi connectivity index (χ4n) is 11.4. The number of phenolic OH excluding ortho intramolecular Hbond substituents is 3. The van der Waals surface area contributed by atoms with Crippen LogP contribution in [0.25, 0.3) is 0 Å². The van der Waals surface area contributed by atoms with Crippen LogP contribution >= 0.6 is 97.1 Å². The van der Waals surface area contributed by atoms with E-state index in [9.17, 15) is 55.0 Å². The van der Waals surface area contributed by atoms with Crippen LogP contribution in [0.5, 0.6) is 17.2 Å². The third kappa shape index (κ3) is 14.0. The van der Waals surface area contributed by atoms with Crippen molar-refractivity contribution in [1.82, 2.24) is 12.9 Å². The first-order valence-corrected chi connectivity index (χ1v) is 35.4. The van der Waals surface area contributed by atoms with Crippen LogP contribution in [0.2, 0.25) is 35.2 Å². The molecule has 32 heteroatoms. The van der Waals surface area contributed by atoms with Crippen molar-refractivity contribution >= 4 is 163 Å². The molecule has 90 heavy (non-hydrogen) atoms. The highest BCUT2D eigenvalue weighted by Gasteiger charge is 2.41. The number of benzene rings is 6. The van der Waals surface area contributed by atoms with Gasteiger partial charge in [0.05, 0.1) is 61.9 Å². The largest absolute Gasteiger partial charge is 0.505 e. The van der Waals surface area contributed by atoms with Crippen LogP contribution in [0.3, 0.4) is 0 Å². The summed E-state index contributed by atoms with van der Waals surface area (Å²) in [5.41, 5.74) is 6.06. The Labute approximate surface area is 562 Å². The third-order valence-corrected chi connectivity index (χ3v) is 24.1. The Morgan fingerprint density at radius 2 is 0.689 bits per heavy atom. The van der Waals surface area contributed by atoms with E-state index in [-0.39, 0.29) is 139 Å². The Bertz CT molecular complexity index is 3700. The second kappa shape index (κ2) is 27.4. The van der Waals surface area contributed by atoms with E-state index in [1.807, 2.05) is 43.3 Å². The highest BCUT2D eigenvalue weighted by molar-refractivity contribution is 9.10. The molecular weight excluding hydrogens is 1440 g/mol. The molecule has 0 aromatic heterocycles. The van der Waals surface area contributed by atoms with Crippen molar-refractivity contribution in [2.45, 2.75) is 98.1 Å². The van der Waals surface area contributed by atoms with E-state index in [0.29, 0.717) is 43.5 Å². The van der Waals surface area contributed by atoms with Crippen molar-refractivity contribution in [3.63, 3.8) is 0 Å². The van der Waals surface area contributed by atoms with Crippen LogP contribution in [0, 0.1) is 6.92 Å². The molecule has 6 aromatic carbocycles. The van der Waals surface area contributed by atoms with Crippen molar-refractivity contribution in [1.29, 1.82) is 0 Å². The van der Waals surface area contributed by atoms with Crippen molar-refractivity contribution in [2.75, 3.05) is 54.0 Å². The van der Waals surface area contributed by atoms with Gasteiger partial charge in [-0.15, -0.1) is 0 Å². The summed E-state index contributed by atoms with van der Waals surface area (Å²) in [4.78, 5) is 41.9. The number of rotatable bonds is 9. The number of amides is 3. The minimum Gasteiger partial charge on any atom is -0.505 e. The summed E-state index contributed by atoms with van der Waals surface area (Å²) in [5, 5.41) is 28.8. The summed E-state index contributed by atoms with van der Waals surface area (Å²) in [6, 6.07) is 23.3. The standard InChI is InChI=1S/C20H20Cl2N2O5S.C19H17BrCl2N2O5S.C19H17Cl3N2O5S/c1-12-2-3-18-13(8-12)11-29-20(26)24(18)14-4-6-23(7-5-14)30(27,28)15-9-16(21)19(25)17(22)10-15;2*20-12-1-2-17-11(7-12)10-29-19(26)24(17)13-3-5-23(6-4-13)30(27,28)14-8-15(21)18(25)16(22)9-14/h2-3,8-10,14,25H,4-7,11H2,1H3;2*1-2,7-9,13,25H,3-6,10H2. The van der Waals surface area contributed by atoms with Gasteiger partial charge in [-0.2, -0.15) is 12.9 Å². The first kappa shape index (κ1) is 67.7. The summed E-state index contributed by atoms with van der Waals surface area (Å²) < 4.78 is 98.8. The first-order valence-electron chi connectivity index (χ1n) is 27.6. The Morgan fingerprint density at radius 1 is 0.411 bits per heavy atom. The number of hydrogen-bond donors (Lipinski definition) is 3. The van der Waals surface area contributed by atoms with Gasteiger partial charge >= 0.3 is 18.3 Å². The number of hydrogen-bond acceptors (Lipinski definition) is 15. The molecule has 480 valence electrons. The zero-order valence-electron chi connectivity index (χ0n) is 47.2. The molecular formula is C58H54BrCl7N6O15S3. The second-order valence-electron chi connectivity index (χ2n) is 21.6. The fraction of sp³-hybridized carbons (Fsp3) is 0.328. The average Bonchev–Trinajstić information content (AvgIpc) is 0.831. The summed E-state index contributed by atoms with van der Waals surface area (Å²) >= 11 is 44.8. The molecule has 21 nitrogen and oxygen atoms in total. The molecule has 12 rings (SSSR count). The van der Waals surface area contributed by atoms with Gasteiger partial charge in [0.2, 0.25) is 30.1 Å². The van der Waals surface area contributed by atoms with Gasteiger partial charge in [-0.05, 0) is 124 Å². The molecule has 0 spiro atoms. The summed E-state index contributed by atoms with van der Waals surface area (Å²) in [6.07, 6.45) is 1.37. The number of aryl methyl sites for hydroxylation is 1. The molecule has 0 aliphatic carbocycles. The van der Waals surface area contributed by atoms with Crippen LogP contribution in [0.15, 0.2) is 110 Å². The monoisotopic (exact) mass is 1490 g/mol. The van der Waals surface area contributed by atoms with Crippen molar-refractivity contribution in [3.05, 3.63) is 153 Å². The Balaban J connectivity index is 0.000000148. The van der Waals surface area contributed by atoms with Crippen molar-refractivity contribution in [2.24, 2.45) is 0 Å². The second-order valence-corrected chi connectivity index (χ2v) is 31.2. The number of sulfonamides is 3. The van der Waals surface area contributed by atoms with Crippen LogP contribution in [-0.4, -0.2) is 129 Å². The number of carbonyl (C=O) groups is 3. The molecule has 0 atom stereocenters. The Kier molecular flexibility index (Phi) is 20.6. The number of fused-ring (bicyclic) bond motifs is 3. The van der Waals surface area contributed by atoms with Crippen molar-refractivity contribution in [3.8, 4) is 17.2 Å². The summed E-state index contributed by atoms with van der Waals surface area (Å²) in [5.74, 6) is -1.07. The molecule has 6 aliphatic heterocycles. The Hall–Kier alpha value is -5.23. The van der Waals surface area contributed by atoms with Gasteiger partial charge in [0, 0.05) is 83.6 Å². The van der Waals surface area contributed by atoms with Gasteiger partial charge in [0.25, 0.3) is 0 Å². The molecule has 3 fully saturated rings. The molecule has 3 saturated heterocycles. The Morgan fingerprint density at radius 3 is 1.01 bits per heavy atom. The minimum atomic E-state index is -3.86. The van der Waals surface area contributed by atoms with Gasteiger partial charge in [-0.1, -0.05) is 115 Å². The maximum atomic E-state index is 13.0. The number of carbonyl (C=O) groups excluding carboxylic acids is 3. The van der Waals surface area contributed by atoms with Crippen LogP contribution in [0.4, 0.5) is 31.4 Å². The number of halogens is 8. The number of cyclic esters (lactones) is 3. The van der Waals surface area contributed by atoms with E-state index in [1.165, 1.54) is 49.3 Å². The highest BCUT2D eigenvalue weighted by atomic mass is 79.9.